The second-order valence-electron chi connectivity index (χ2n) is 4.72. The monoisotopic (exact) mass is 249 g/mol. The predicted octanol–water partition coefficient (Wildman–Crippen LogP) is 3.80. The van der Waals surface area contributed by atoms with E-state index >= 15 is 0 Å². The van der Waals surface area contributed by atoms with Crippen LogP contribution < -0.4 is 10.1 Å². The van der Waals surface area contributed by atoms with E-state index in [0.29, 0.717) is 6.04 Å². The highest BCUT2D eigenvalue weighted by Gasteiger charge is 2.04. The number of likely N-dealkylation sites (N-methyl/N-ethyl adjacent to an activating group) is 1. The Balaban J connectivity index is 2.38. The molecule has 0 spiro atoms. The van der Waals surface area contributed by atoms with Crippen LogP contribution in [0, 0.1) is 0 Å². The normalized spacial score (nSPS) is 12.4. The molecular weight excluding hydrogens is 222 g/mol. The van der Waals surface area contributed by atoms with Crippen molar-refractivity contribution in [3.8, 4) is 5.75 Å². The molecule has 0 bridgehead atoms. The van der Waals surface area contributed by atoms with Crippen LogP contribution in [0.3, 0.4) is 0 Å². The number of rotatable bonds is 9. The molecule has 1 rings (SSSR count). The first-order valence-corrected chi connectivity index (χ1v) is 7.25. The lowest BCUT2D eigenvalue weighted by Crippen LogP contribution is -2.33. The van der Waals surface area contributed by atoms with E-state index in [4.69, 9.17) is 4.74 Å². The number of nitrogens with one attached hydrogen (secondary N) is 1. The van der Waals surface area contributed by atoms with E-state index in [2.05, 4.69) is 50.4 Å². The van der Waals surface area contributed by atoms with Crippen LogP contribution in [0.1, 0.15) is 45.6 Å². The smallest absolute Gasteiger partial charge is 0.119 e. The molecule has 2 nitrogen and oxygen atoms in total. The minimum Gasteiger partial charge on any atom is -0.492 e. The van der Waals surface area contributed by atoms with Gasteiger partial charge in [0.2, 0.25) is 0 Å². The third-order valence-electron chi connectivity index (χ3n) is 3.18. The van der Waals surface area contributed by atoms with Gasteiger partial charge in [0.15, 0.2) is 0 Å². The Kier molecular flexibility index (Phi) is 7.51. The summed E-state index contributed by atoms with van der Waals surface area (Å²) >= 11 is 0. The lowest BCUT2D eigenvalue weighted by Gasteiger charge is -2.16. The summed E-state index contributed by atoms with van der Waals surface area (Å²) in [4.78, 5) is 0. The molecule has 1 N–H and O–H groups in total. The van der Waals surface area contributed by atoms with Crippen LogP contribution in [0.4, 0.5) is 0 Å². The predicted molar refractivity (Wildman–Crippen MR) is 78.3 cm³/mol. The molecule has 0 aliphatic heterocycles. The molecule has 0 aliphatic carbocycles. The summed E-state index contributed by atoms with van der Waals surface area (Å²) in [6.07, 6.45) is 4.78. The van der Waals surface area contributed by atoms with Crippen molar-refractivity contribution in [2.75, 3.05) is 13.2 Å². The van der Waals surface area contributed by atoms with Gasteiger partial charge in [-0.3, -0.25) is 0 Å². The van der Waals surface area contributed by atoms with Crippen LogP contribution >= 0.6 is 0 Å². The molecule has 0 aromatic heterocycles. The second-order valence-corrected chi connectivity index (χ2v) is 4.72. The first-order chi connectivity index (χ1) is 8.80. The zero-order valence-corrected chi connectivity index (χ0v) is 12.0. The Morgan fingerprint density at radius 2 is 1.83 bits per heavy atom. The maximum Gasteiger partial charge on any atom is 0.119 e. The summed E-state index contributed by atoms with van der Waals surface area (Å²) in [6, 6.07) is 8.99. The van der Waals surface area contributed by atoms with E-state index in [1.807, 2.05) is 0 Å². The van der Waals surface area contributed by atoms with E-state index in [0.717, 1.165) is 25.3 Å². The highest BCUT2D eigenvalue weighted by atomic mass is 16.5. The SMILES string of the molecule is CCCCc1ccc(OCC(CC)NCC)cc1. The molecule has 1 aromatic rings. The van der Waals surface area contributed by atoms with Crippen LogP contribution in [0.25, 0.3) is 0 Å². The number of benzene rings is 1. The average molecular weight is 249 g/mol. The summed E-state index contributed by atoms with van der Waals surface area (Å²) in [6.45, 7) is 8.29. The van der Waals surface area contributed by atoms with Crippen LogP contribution in [-0.2, 0) is 6.42 Å². The van der Waals surface area contributed by atoms with Gasteiger partial charge in [0.1, 0.15) is 12.4 Å². The molecule has 0 amide bonds. The molecule has 0 fully saturated rings. The van der Waals surface area contributed by atoms with Crippen molar-refractivity contribution in [3.63, 3.8) is 0 Å². The van der Waals surface area contributed by atoms with Crippen molar-refractivity contribution in [2.45, 2.75) is 52.5 Å². The first kappa shape index (κ1) is 15.0. The molecular formula is C16H27NO. The van der Waals surface area contributed by atoms with Gasteiger partial charge in [-0.15, -0.1) is 0 Å². The highest BCUT2D eigenvalue weighted by Crippen LogP contribution is 2.14. The van der Waals surface area contributed by atoms with Gasteiger partial charge in [-0.25, -0.2) is 0 Å². The van der Waals surface area contributed by atoms with Crippen molar-refractivity contribution in [1.82, 2.24) is 5.32 Å². The maximum absolute atomic E-state index is 5.81. The summed E-state index contributed by atoms with van der Waals surface area (Å²) in [5, 5.41) is 3.42. The molecule has 1 atom stereocenters. The number of hydrogen-bond acceptors (Lipinski definition) is 2. The minimum absolute atomic E-state index is 0.453. The first-order valence-electron chi connectivity index (χ1n) is 7.25. The molecule has 2 heteroatoms. The van der Waals surface area contributed by atoms with Crippen molar-refractivity contribution in [2.24, 2.45) is 0 Å². The van der Waals surface area contributed by atoms with Crippen molar-refractivity contribution >= 4 is 0 Å². The second kappa shape index (κ2) is 8.98. The molecule has 0 saturated heterocycles. The van der Waals surface area contributed by atoms with Gasteiger partial charge in [0.05, 0.1) is 0 Å². The lowest BCUT2D eigenvalue weighted by molar-refractivity contribution is 0.262. The zero-order valence-electron chi connectivity index (χ0n) is 12.0. The third kappa shape index (κ3) is 5.54. The van der Waals surface area contributed by atoms with Crippen LogP contribution in [0.15, 0.2) is 24.3 Å². The fourth-order valence-corrected chi connectivity index (χ4v) is 1.94. The zero-order chi connectivity index (χ0) is 13.2. The van der Waals surface area contributed by atoms with E-state index in [1.54, 1.807) is 0 Å². The maximum atomic E-state index is 5.81. The molecule has 102 valence electrons. The third-order valence-corrected chi connectivity index (χ3v) is 3.18. The standard InChI is InChI=1S/C16H27NO/c1-4-7-8-14-9-11-16(12-10-14)18-13-15(5-2)17-6-3/h9-12,15,17H,4-8,13H2,1-3H3. The van der Waals surface area contributed by atoms with E-state index in [1.165, 1.54) is 24.8 Å². The Bertz CT molecular complexity index is 307. The fourth-order valence-electron chi connectivity index (χ4n) is 1.94. The van der Waals surface area contributed by atoms with Gasteiger partial charge in [-0.05, 0) is 43.5 Å². The molecule has 0 radical (unpaired) electrons. The Labute approximate surface area is 112 Å². The van der Waals surface area contributed by atoms with Gasteiger partial charge in [-0.2, -0.15) is 0 Å². The summed E-state index contributed by atoms with van der Waals surface area (Å²) < 4.78 is 5.81. The molecule has 0 heterocycles. The lowest BCUT2D eigenvalue weighted by atomic mass is 10.1. The van der Waals surface area contributed by atoms with E-state index < -0.39 is 0 Å². The Morgan fingerprint density at radius 3 is 2.39 bits per heavy atom. The van der Waals surface area contributed by atoms with Gasteiger partial charge >= 0.3 is 0 Å². The highest BCUT2D eigenvalue weighted by molar-refractivity contribution is 5.27. The van der Waals surface area contributed by atoms with Gasteiger partial charge in [0.25, 0.3) is 0 Å². The minimum atomic E-state index is 0.453. The summed E-state index contributed by atoms with van der Waals surface area (Å²) in [5.74, 6) is 0.978. The molecule has 0 aliphatic rings. The Hall–Kier alpha value is -1.02. The summed E-state index contributed by atoms with van der Waals surface area (Å²) in [5.41, 5.74) is 1.41. The molecule has 1 unspecified atom stereocenters. The van der Waals surface area contributed by atoms with Gasteiger partial charge in [-0.1, -0.05) is 39.3 Å². The quantitative estimate of drug-likeness (QED) is 0.719. The Morgan fingerprint density at radius 1 is 1.11 bits per heavy atom. The summed E-state index contributed by atoms with van der Waals surface area (Å²) in [7, 11) is 0. The average Bonchev–Trinajstić information content (AvgIpc) is 2.42. The fraction of sp³-hybridized carbons (Fsp3) is 0.625. The van der Waals surface area contributed by atoms with E-state index in [9.17, 15) is 0 Å². The molecule has 18 heavy (non-hydrogen) atoms. The van der Waals surface area contributed by atoms with Crippen molar-refractivity contribution in [1.29, 1.82) is 0 Å². The molecule has 1 aromatic carbocycles. The van der Waals surface area contributed by atoms with Gasteiger partial charge in [0, 0.05) is 6.04 Å². The van der Waals surface area contributed by atoms with Crippen LogP contribution in [-0.4, -0.2) is 19.2 Å². The topological polar surface area (TPSA) is 21.3 Å². The van der Waals surface area contributed by atoms with Crippen LogP contribution in [0.5, 0.6) is 5.75 Å². The number of unbranched alkanes of at least 4 members (excludes halogenated alkanes) is 1. The number of ether oxygens (including phenoxy) is 1. The number of hydrogen-bond donors (Lipinski definition) is 1. The largest absolute Gasteiger partial charge is 0.492 e. The van der Waals surface area contributed by atoms with E-state index in [-0.39, 0.29) is 0 Å². The van der Waals surface area contributed by atoms with Crippen molar-refractivity contribution < 1.29 is 4.74 Å². The molecule has 0 saturated carbocycles. The number of aryl methyl sites for hydroxylation is 1. The van der Waals surface area contributed by atoms with Gasteiger partial charge < -0.3 is 10.1 Å². The van der Waals surface area contributed by atoms with Crippen LogP contribution in [0.2, 0.25) is 0 Å². The van der Waals surface area contributed by atoms with Crippen molar-refractivity contribution in [3.05, 3.63) is 29.8 Å².